The number of aromatic nitrogens is 1. The van der Waals surface area contributed by atoms with Gasteiger partial charge in [0.05, 0.1) is 23.0 Å². The van der Waals surface area contributed by atoms with Crippen molar-refractivity contribution in [3.05, 3.63) is 83.4 Å². The molecular formula is C25H24N2O2S. The maximum Gasteiger partial charge on any atom is 0.233 e. The molecule has 30 heavy (non-hydrogen) atoms. The van der Waals surface area contributed by atoms with Crippen molar-refractivity contribution in [1.82, 2.24) is 4.98 Å². The zero-order chi connectivity index (χ0) is 21.1. The number of nitrogens with zero attached hydrogens (tertiary/aromatic N) is 2. The molecule has 4 rings (SSSR count). The summed E-state index contributed by atoms with van der Waals surface area (Å²) in [7, 11) is 1.65. The van der Waals surface area contributed by atoms with Crippen LogP contribution in [0.25, 0.3) is 10.2 Å². The topological polar surface area (TPSA) is 42.4 Å². The van der Waals surface area contributed by atoms with Gasteiger partial charge < -0.3 is 4.74 Å². The summed E-state index contributed by atoms with van der Waals surface area (Å²) in [6.07, 6.45) is 1.06. The Bertz CT molecular complexity index is 1130. The van der Waals surface area contributed by atoms with E-state index < -0.39 is 0 Å². The van der Waals surface area contributed by atoms with Gasteiger partial charge in [-0.05, 0) is 73.4 Å². The summed E-state index contributed by atoms with van der Waals surface area (Å²) < 4.78 is 6.29. The highest BCUT2D eigenvalue weighted by Crippen LogP contribution is 2.35. The number of carbonyl (C=O) groups excluding carboxylic acids is 1. The molecule has 0 radical (unpaired) electrons. The third-order valence-corrected chi connectivity index (χ3v) is 6.00. The maximum absolute atomic E-state index is 13.4. The fraction of sp³-hybridized carbons (Fsp3) is 0.200. The number of hydrogen-bond donors (Lipinski definition) is 0. The third kappa shape index (κ3) is 4.36. The summed E-state index contributed by atoms with van der Waals surface area (Å²) in [6, 6.07) is 22.1. The van der Waals surface area contributed by atoms with Gasteiger partial charge in [-0.1, -0.05) is 41.7 Å². The van der Waals surface area contributed by atoms with Crippen molar-refractivity contribution in [3.8, 4) is 5.75 Å². The van der Waals surface area contributed by atoms with Crippen LogP contribution in [-0.4, -0.2) is 18.0 Å². The largest absolute Gasteiger partial charge is 0.497 e. The fourth-order valence-electron chi connectivity index (χ4n) is 3.55. The van der Waals surface area contributed by atoms with E-state index in [-0.39, 0.29) is 5.91 Å². The molecule has 0 N–H and O–H groups in total. The number of fused-ring (bicyclic) bond motifs is 1. The van der Waals surface area contributed by atoms with Crippen LogP contribution in [0.2, 0.25) is 0 Å². The maximum atomic E-state index is 13.4. The van der Waals surface area contributed by atoms with Crippen LogP contribution in [0, 0.1) is 13.8 Å². The van der Waals surface area contributed by atoms with Gasteiger partial charge in [0.2, 0.25) is 5.91 Å². The zero-order valence-electron chi connectivity index (χ0n) is 17.4. The summed E-state index contributed by atoms with van der Waals surface area (Å²) in [4.78, 5) is 19.9. The molecule has 1 aromatic heterocycles. The number of anilines is 2. The normalized spacial score (nSPS) is 10.9. The number of benzene rings is 3. The van der Waals surface area contributed by atoms with Crippen LogP contribution in [0.15, 0.2) is 66.7 Å². The van der Waals surface area contributed by atoms with Crippen LogP contribution in [-0.2, 0) is 11.2 Å². The Morgan fingerprint density at radius 2 is 1.70 bits per heavy atom. The molecule has 1 amide bonds. The van der Waals surface area contributed by atoms with Gasteiger partial charge in [-0.2, -0.15) is 0 Å². The van der Waals surface area contributed by atoms with Crippen LogP contribution < -0.4 is 9.64 Å². The Hall–Kier alpha value is -3.18. The van der Waals surface area contributed by atoms with Crippen molar-refractivity contribution in [1.29, 1.82) is 0 Å². The number of thiazole rings is 1. The summed E-state index contributed by atoms with van der Waals surface area (Å²) in [5.41, 5.74) is 5.13. The number of para-hydroxylation sites is 1. The van der Waals surface area contributed by atoms with Crippen LogP contribution >= 0.6 is 11.3 Å². The predicted molar refractivity (Wildman–Crippen MR) is 124 cm³/mol. The van der Waals surface area contributed by atoms with Crippen molar-refractivity contribution in [2.24, 2.45) is 0 Å². The number of amides is 1. The molecule has 5 heteroatoms. The molecule has 0 saturated carbocycles. The first kappa shape index (κ1) is 20.1. The molecule has 0 atom stereocenters. The quantitative estimate of drug-likeness (QED) is 0.375. The molecule has 0 unspecified atom stereocenters. The first-order valence-electron chi connectivity index (χ1n) is 9.93. The first-order chi connectivity index (χ1) is 14.5. The fourth-order valence-corrected chi connectivity index (χ4v) is 4.56. The summed E-state index contributed by atoms with van der Waals surface area (Å²) >= 11 is 1.54. The van der Waals surface area contributed by atoms with E-state index in [1.807, 2.05) is 60.7 Å². The highest BCUT2D eigenvalue weighted by molar-refractivity contribution is 7.22. The van der Waals surface area contributed by atoms with E-state index in [9.17, 15) is 4.79 Å². The second-order valence-corrected chi connectivity index (χ2v) is 8.40. The van der Waals surface area contributed by atoms with E-state index in [1.54, 1.807) is 23.3 Å². The Labute approximate surface area is 180 Å². The Morgan fingerprint density at radius 1 is 1.00 bits per heavy atom. The molecule has 0 bridgehead atoms. The first-order valence-corrected chi connectivity index (χ1v) is 10.7. The Balaban J connectivity index is 1.65. The molecule has 0 saturated heterocycles. The molecule has 1 heterocycles. The minimum absolute atomic E-state index is 0.0369. The SMILES string of the molecule is COc1ccc(CCC(=O)N(c2cc(C)cc(C)c2)c2nc3ccccc3s2)cc1. The van der Waals surface area contributed by atoms with Gasteiger partial charge in [0.15, 0.2) is 5.13 Å². The molecule has 4 aromatic rings. The van der Waals surface area contributed by atoms with E-state index in [0.717, 1.165) is 38.3 Å². The number of aryl methyl sites for hydroxylation is 3. The Morgan fingerprint density at radius 3 is 2.37 bits per heavy atom. The van der Waals surface area contributed by atoms with Crippen molar-refractivity contribution < 1.29 is 9.53 Å². The smallest absolute Gasteiger partial charge is 0.233 e. The molecule has 152 valence electrons. The lowest BCUT2D eigenvalue weighted by molar-refractivity contribution is -0.117. The van der Waals surface area contributed by atoms with E-state index >= 15 is 0 Å². The zero-order valence-corrected chi connectivity index (χ0v) is 18.2. The van der Waals surface area contributed by atoms with Crippen molar-refractivity contribution >= 4 is 38.3 Å². The van der Waals surface area contributed by atoms with E-state index in [0.29, 0.717) is 18.0 Å². The average molecular weight is 417 g/mol. The van der Waals surface area contributed by atoms with Gasteiger partial charge in [-0.3, -0.25) is 9.69 Å². The molecule has 0 spiro atoms. The molecule has 0 aliphatic heterocycles. The predicted octanol–water partition coefficient (Wildman–Crippen LogP) is 6.22. The van der Waals surface area contributed by atoms with Gasteiger partial charge in [-0.25, -0.2) is 4.98 Å². The van der Waals surface area contributed by atoms with Gasteiger partial charge in [-0.15, -0.1) is 0 Å². The minimum atomic E-state index is 0.0369. The van der Waals surface area contributed by atoms with Crippen LogP contribution in [0.5, 0.6) is 5.75 Å². The second-order valence-electron chi connectivity index (χ2n) is 7.39. The molecule has 4 nitrogen and oxygen atoms in total. The minimum Gasteiger partial charge on any atom is -0.497 e. The highest BCUT2D eigenvalue weighted by Gasteiger charge is 2.22. The van der Waals surface area contributed by atoms with Gasteiger partial charge in [0.25, 0.3) is 0 Å². The standard InChI is InChI=1S/C25H24N2O2S/c1-17-14-18(2)16-20(15-17)27(25-26-22-6-4-5-7-23(22)30-25)24(28)13-10-19-8-11-21(29-3)12-9-19/h4-9,11-12,14-16H,10,13H2,1-3H3. The number of rotatable bonds is 6. The van der Waals surface area contributed by atoms with Gasteiger partial charge in [0, 0.05) is 6.42 Å². The van der Waals surface area contributed by atoms with Gasteiger partial charge >= 0.3 is 0 Å². The molecule has 0 fully saturated rings. The monoisotopic (exact) mass is 416 g/mol. The van der Waals surface area contributed by atoms with Crippen LogP contribution in [0.1, 0.15) is 23.1 Å². The van der Waals surface area contributed by atoms with Crippen LogP contribution in [0.3, 0.4) is 0 Å². The van der Waals surface area contributed by atoms with E-state index in [1.165, 1.54) is 0 Å². The number of ether oxygens (including phenoxy) is 1. The Kier molecular flexibility index (Phi) is 5.81. The second kappa shape index (κ2) is 8.67. The molecule has 3 aromatic carbocycles. The lowest BCUT2D eigenvalue weighted by Gasteiger charge is -2.21. The number of methoxy groups -OCH3 is 1. The lowest BCUT2D eigenvalue weighted by atomic mass is 10.1. The summed E-state index contributed by atoms with van der Waals surface area (Å²) in [5.74, 6) is 0.853. The average Bonchev–Trinajstić information content (AvgIpc) is 3.15. The lowest BCUT2D eigenvalue weighted by Crippen LogP contribution is -2.26. The third-order valence-electron chi connectivity index (χ3n) is 4.97. The van der Waals surface area contributed by atoms with Crippen molar-refractivity contribution in [3.63, 3.8) is 0 Å². The highest BCUT2D eigenvalue weighted by atomic mass is 32.1. The molecular weight excluding hydrogens is 392 g/mol. The summed E-state index contributed by atoms with van der Waals surface area (Å²) in [5, 5.41) is 0.709. The summed E-state index contributed by atoms with van der Waals surface area (Å²) in [6.45, 7) is 4.10. The van der Waals surface area contributed by atoms with E-state index in [4.69, 9.17) is 9.72 Å². The molecule has 0 aliphatic carbocycles. The van der Waals surface area contributed by atoms with E-state index in [2.05, 4.69) is 19.9 Å². The van der Waals surface area contributed by atoms with Crippen LogP contribution in [0.4, 0.5) is 10.8 Å². The van der Waals surface area contributed by atoms with Gasteiger partial charge in [0.1, 0.15) is 5.75 Å². The number of carbonyl (C=O) groups is 1. The number of hydrogen-bond acceptors (Lipinski definition) is 4. The van der Waals surface area contributed by atoms with Crippen molar-refractivity contribution in [2.45, 2.75) is 26.7 Å². The molecule has 0 aliphatic rings. The van der Waals surface area contributed by atoms with Crippen molar-refractivity contribution in [2.75, 3.05) is 12.0 Å².